The van der Waals surface area contributed by atoms with Crippen LogP contribution in [0.1, 0.15) is 62.8 Å². The van der Waals surface area contributed by atoms with Gasteiger partial charge in [-0.3, -0.25) is 9.10 Å². The number of nitrogens with zero attached hydrogens (tertiary/aromatic N) is 3. The molecule has 0 saturated carbocycles. The summed E-state index contributed by atoms with van der Waals surface area (Å²) in [5.74, 6) is -0.971. The number of likely N-dealkylation sites (tertiary alicyclic amines) is 1. The zero-order valence-electron chi connectivity index (χ0n) is 25.8. The van der Waals surface area contributed by atoms with Gasteiger partial charge in [-0.05, 0) is 82.5 Å². The monoisotopic (exact) mass is 611 g/mol. The Morgan fingerprint density at radius 1 is 1.12 bits per heavy atom. The zero-order chi connectivity index (χ0) is 31.8. The van der Waals surface area contributed by atoms with Crippen molar-refractivity contribution in [3.63, 3.8) is 0 Å². The molecule has 0 unspecified atom stereocenters. The number of ether oxygens (including phenoxy) is 3. The van der Waals surface area contributed by atoms with Crippen molar-refractivity contribution < 1.29 is 32.2 Å². The minimum atomic E-state index is -4.10. The van der Waals surface area contributed by atoms with Gasteiger partial charge in [0.25, 0.3) is 0 Å². The molecule has 1 fully saturated rings. The van der Waals surface area contributed by atoms with Crippen LogP contribution in [-0.2, 0) is 24.3 Å². The molecule has 1 amide bonds. The van der Waals surface area contributed by atoms with Gasteiger partial charge in [0.15, 0.2) is 5.75 Å². The van der Waals surface area contributed by atoms with E-state index in [-0.39, 0.29) is 25.3 Å². The smallest absolute Gasteiger partial charge is 0.410 e. The Balaban J connectivity index is 1.81. The van der Waals surface area contributed by atoms with E-state index < -0.39 is 27.3 Å². The van der Waals surface area contributed by atoms with Crippen molar-refractivity contribution in [2.75, 3.05) is 36.3 Å². The van der Waals surface area contributed by atoms with Crippen LogP contribution in [0.5, 0.6) is 5.75 Å². The summed E-state index contributed by atoms with van der Waals surface area (Å²) in [7, 11) is -4.10. The number of benzene rings is 2. The Morgan fingerprint density at radius 2 is 1.77 bits per heavy atom. The Morgan fingerprint density at radius 3 is 2.35 bits per heavy atom. The molecule has 0 spiro atoms. The Hall–Kier alpha value is -4.04. The number of rotatable bonds is 10. The number of carbonyl (C=O) groups is 2. The van der Waals surface area contributed by atoms with E-state index in [2.05, 4.69) is 6.07 Å². The average molecular weight is 612 g/mol. The fraction of sp³-hybridized carbons (Fsp3) is 0.469. The molecule has 0 N–H and O–H groups in total. The van der Waals surface area contributed by atoms with Crippen LogP contribution in [0.4, 0.5) is 10.5 Å². The van der Waals surface area contributed by atoms with Crippen molar-refractivity contribution in [1.29, 1.82) is 5.26 Å². The number of nitriles is 1. The summed E-state index contributed by atoms with van der Waals surface area (Å²) in [6.45, 7) is 11.9. The molecule has 1 saturated heterocycles. The second-order valence-electron chi connectivity index (χ2n) is 11.4. The van der Waals surface area contributed by atoms with Crippen LogP contribution in [0.3, 0.4) is 0 Å². The quantitative estimate of drug-likeness (QED) is 0.329. The van der Waals surface area contributed by atoms with Crippen LogP contribution in [0.2, 0.25) is 0 Å². The van der Waals surface area contributed by atoms with Gasteiger partial charge in [0.2, 0.25) is 10.0 Å². The minimum absolute atomic E-state index is 0.0409. The van der Waals surface area contributed by atoms with Crippen LogP contribution in [0.25, 0.3) is 6.08 Å². The zero-order valence-corrected chi connectivity index (χ0v) is 26.6. The highest BCUT2D eigenvalue weighted by molar-refractivity contribution is 7.93. The molecule has 10 nitrogen and oxygen atoms in total. The first-order chi connectivity index (χ1) is 20.2. The molecule has 0 aliphatic carbocycles. The van der Waals surface area contributed by atoms with Crippen LogP contribution < -0.4 is 9.04 Å². The number of anilines is 1. The lowest BCUT2D eigenvalue weighted by atomic mass is 10.1. The lowest BCUT2D eigenvalue weighted by Gasteiger charge is -2.34. The number of esters is 1. The van der Waals surface area contributed by atoms with E-state index in [4.69, 9.17) is 14.2 Å². The fourth-order valence-electron chi connectivity index (χ4n) is 4.71. The van der Waals surface area contributed by atoms with E-state index in [0.717, 1.165) is 16.7 Å². The normalized spacial score (nSPS) is 14.3. The Labute approximate surface area is 254 Å². The maximum atomic E-state index is 13.4. The van der Waals surface area contributed by atoms with E-state index in [1.807, 2.05) is 40.7 Å². The van der Waals surface area contributed by atoms with E-state index in [0.29, 0.717) is 42.9 Å². The van der Waals surface area contributed by atoms with Gasteiger partial charge >= 0.3 is 12.1 Å². The van der Waals surface area contributed by atoms with Crippen molar-refractivity contribution in [1.82, 2.24) is 4.90 Å². The lowest BCUT2D eigenvalue weighted by Crippen LogP contribution is -2.44. The van der Waals surface area contributed by atoms with Gasteiger partial charge < -0.3 is 19.1 Å². The maximum Gasteiger partial charge on any atom is 0.410 e. The molecule has 0 bridgehead atoms. The third-order valence-corrected chi connectivity index (χ3v) is 8.28. The van der Waals surface area contributed by atoms with Gasteiger partial charge in [0.1, 0.15) is 17.5 Å². The molecular formula is C32H41N3O7S. The van der Waals surface area contributed by atoms with Crippen molar-refractivity contribution in [3.05, 3.63) is 64.7 Å². The molecule has 43 heavy (non-hydrogen) atoms. The molecule has 0 aromatic heterocycles. The van der Waals surface area contributed by atoms with Crippen molar-refractivity contribution in [2.24, 2.45) is 0 Å². The summed E-state index contributed by atoms with van der Waals surface area (Å²) in [5.41, 5.74) is 2.55. The molecule has 1 heterocycles. The highest BCUT2D eigenvalue weighted by Gasteiger charge is 2.30. The Kier molecular flexibility index (Phi) is 11.2. The molecule has 1 aliphatic heterocycles. The number of piperidine rings is 1. The van der Waals surface area contributed by atoms with Gasteiger partial charge in [-0.15, -0.1) is 0 Å². The molecule has 0 atom stereocenters. The molecule has 232 valence electrons. The average Bonchev–Trinajstić information content (AvgIpc) is 2.92. The van der Waals surface area contributed by atoms with Crippen LogP contribution in [-0.4, -0.2) is 69.1 Å². The fourth-order valence-corrected chi connectivity index (χ4v) is 5.99. The van der Waals surface area contributed by atoms with Gasteiger partial charge in [-0.1, -0.05) is 24.3 Å². The number of amides is 1. The van der Waals surface area contributed by atoms with E-state index in [1.165, 1.54) is 4.31 Å². The summed E-state index contributed by atoms with van der Waals surface area (Å²) in [4.78, 5) is 26.3. The first-order valence-corrected chi connectivity index (χ1v) is 15.9. The SMILES string of the molecule is CCOC(=O)CS(=O)(=O)N(CC=Cc1cccc(C#N)c1)c1cc(C)c(OC2CCN(C(=O)OC(C)(C)C)CC2)c(C)c1. The second kappa shape index (κ2) is 14.4. The van der Waals surface area contributed by atoms with Crippen LogP contribution in [0.15, 0.2) is 42.5 Å². The molecular weight excluding hydrogens is 570 g/mol. The van der Waals surface area contributed by atoms with Gasteiger partial charge in [-0.25, -0.2) is 13.2 Å². The third-order valence-electron chi connectivity index (χ3n) is 6.65. The maximum absolute atomic E-state index is 13.4. The van der Waals surface area contributed by atoms with Crippen molar-refractivity contribution >= 4 is 33.8 Å². The molecule has 2 aromatic rings. The number of hydrogen-bond acceptors (Lipinski definition) is 8. The van der Waals surface area contributed by atoms with E-state index in [9.17, 15) is 23.3 Å². The summed E-state index contributed by atoms with van der Waals surface area (Å²) < 4.78 is 44.8. The van der Waals surface area contributed by atoms with Gasteiger partial charge in [0, 0.05) is 25.9 Å². The number of sulfonamides is 1. The van der Waals surface area contributed by atoms with E-state index >= 15 is 0 Å². The van der Waals surface area contributed by atoms with Crippen molar-refractivity contribution in [3.8, 4) is 11.8 Å². The summed E-state index contributed by atoms with van der Waals surface area (Å²) >= 11 is 0. The van der Waals surface area contributed by atoms with Gasteiger partial charge in [-0.2, -0.15) is 5.26 Å². The molecule has 1 aliphatic rings. The van der Waals surface area contributed by atoms with Gasteiger partial charge in [0.05, 0.1) is 30.5 Å². The predicted octanol–water partition coefficient (Wildman–Crippen LogP) is 5.37. The summed E-state index contributed by atoms with van der Waals surface area (Å²) in [6, 6.07) is 12.5. The predicted molar refractivity (Wildman–Crippen MR) is 165 cm³/mol. The minimum Gasteiger partial charge on any atom is -0.490 e. The lowest BCUT2D eigenvalue weighted by molar-refractivity contribution is -0.139. The van der Waals surface area contributed by atoms with E-state index in [1.54, 1.807) is 54.3 Å². The summed E-state index contributed by atoms with van der Waals surface area (Å²) in [5, 5.41) is 9.17. The molecule has 0 radical (unpaired) electrons. The number of aryl methyl sites for hydroxylation is 2. The largest absolute Gasteiger partial charge is 0.490 e. The third kappa shape index (κ3) is 9.75. The summed E-state index contributed by atoms with van der Waals surface area (Å²) in [6.07, 6.45) is 4.23. The second-order valence-corrected chi connectivity index (χ2v) is 13.3. The van der Waals surface area contributed by atoms with Crippen LogP contribution >= 0.6 is 0 Å². The van der Waals surface area contributed by atoms with Crippen molar-refractivity contribution in [2.45, 2.75) is 66.1 Å². The number of carbonyl (C=O) groups excluding carboxylic acids is 2. The standard InChI is InChI=1S/C32H41N3O7S/c1-7-40-29(36)22-43(38,39)35(15-9-12-25-10-8-11-26(20-25)21-33)27-18-23(2)30(24(3)19-27)41-28-13-16-34(17-14-28)31(37)42-32(4,5)6/h8-12,18-20,28H,7,13-17,22H2,1-6H3. The molecule has 2 aromatic carbocycles. The Bertz CT molecular complexity index is 1460. The molecule has 11 heteroatoms. The van der Waals surface area contributed by atoms with Crippen LogP contribution in [0, 0.1) is 25.2 Å². The highest BCUT2D eigenvalue weighted by Crippen LogP contribution is 2.33. The first kappa shape index (κ1) is 33.5. The highest BCUT2D eigenvalue weighted by atomic mass is 32.2. The number of hydrogen-bond donors (Lipinski definition) is 0. The first-order valence-electron chi connectivity index (χ1n) is 14.3. The topological polar surface area (TPSA) is 126 Å². The molecule has 3 rings (SSSR count).